The van der Waals surface area contributed by atoms with Gasteiger partial charge in [-0.1, -0.05) is 13.8 Å². The number of nitrogens with one attached hydrogen (secondary N) is 1. The Bertz CT molecular complexity index is 1090. The number of alkyl halides is 4. The predicted octanol–water partition coefficient (Wildman–Crippen LogP) is 5.46. The topological polar surface area (TPSA) is 76.7 Å². The van der Waals surface area contributed by atoms with E-state index in [1.54, 1.807) is 22.8 Å². The largest absolute Gasteiger partial charge is 0.419 e. The summed E-state index contributed by atoms with van der Waals surface area (Å²) in [6.07, 6.45) is 2.67. The Morgan fingerprint density at radius 3 is 2.43 bits per heavy atom. The molecule has 0 unspecified atom stereocenters. The molecule has 1 aliphatic rings. The average molecular weight is 531 g/mol. The van der Waals surface area contributed by atoms with Crippen LogP contribution in [0.3, 0.4) is 0 Å². The lowest BCUT2D eigenvalue weighted by Crippen LogP contribution is -2.36. The van der Waals surface area contributed by atoms with Gasteiger partial charge in [-0.15, -0.1) is 11.6 Å². The number of hydrogen-bond acceptors (Lipinski definition) is 7. The standard InChI is InChI=1S/C20H24ClF3N8S.C2H6/c1-3-31-12-13(9-27-31)18-15(20(22,23)24)10-26-19(29-18)28-14-4-6-32(7-5-14)33-17-11-25-16(8-21)30(17)2;1-2/h9-12,14H,3-8H2,1-2H3,(H,26,28,29);1-2H3. The fraction of sp³-hybridized carbons (Fsp3) is 0.545. The number of aryl methyl sites for hydroxylation is 1. The monoisotopic (exact) mass is 530 g/mol. The molecule has 8 nitrogen and oxygen atoms in total. The van der Waals surface area contributed by atoms with E-state index < -0.39 is 11.7 Å². The molecule has 35 heavy (non-hydrogen) atoms. The molecule has 13 heteroatoms. The van der Waals surface area contributed by atoms with Crippen molar-refractivity contribution in [1.29, 1.82) is 0 Å². The normalized spacial score (nSPS) is 15.1. The van der Waals surface area contributed by atoms with Crippen molar-refractivity contribution in [2.24, 2.45) is 7.05 Å². The zero-order valence-corrected chi connectivity index (χ0v) is 21.8. The van der Waals surface area contributed by atoms with E-state index in [9.17, 15) is 13.2 Å². The lowest BCUT2D eigenvalue weighted by Gasteiger charge is -2.31. The number of imidazole rings is 1. The third-order valence-electron chi connectivity index (χ3n) is 5.50. The summed E-state index contributed by atoms with van der Waals surface area (Å²) in [5.74, 6) is 1.36. The molecule has 0 atom stereocenters. The van der Waals surface area contributed by atoms with Crippen LogP contribution in [-0.4, -0.2) is 52.7 Å². The maximum absolute atomic E-state index is 13.5. The Balaban J connectivity index is 0.00000167. The lowest BCUT2D eigenvalue weighted by atomic mass is 10.1. The fourth-order valence-electron chi connectivity index (χ4n) is 3.58. The Labute approximate surface area is 212 Å². The second-order valence-electron chi connectivity index (χ2n) is 7.68. The summed E-state index contributed by atoms with van der Waals surface area (Å²) >= 11 is 7.51. The van der Waals surface area contributed by atoms with Gasteiger partial charge in [0.15, 0.2) is 0 Å². The number of anilines is 1. The number of halogens is 4. The zero-order valence-electron chi connectivity index (χ0n) is 20.2. The van der Waals surface area contributed by atoms with Gasteiger partial charge in [-0.25, -0.2) is 19.3 Å². The van der Waals surface area contributed by atoms with Crippen molar-refractivity contribution in [3.8, 4) is 11.3 Å². The summed E-state index contributed by atoms with van der Waals surface area (Å²) in [5, 5.41) is 8.31. The number of piperidine rings is 1. The van der Waals surface area contributed by atoms with Gasteiger partial charge in [-0.3, -0.25) is 4.68 Å². The van der Waals surface area contributed by atoms with Gasteiger partial charge in [0.25, 0.3) is 0 Å². The molecule has 0 aliphatic carbocycles. The summed E-state index contributed by atoms with van der Waals surface area (Å²) in [5.41, 5.74) is -0.727. The van der Waals surface area contributed by atoms with Crippen molar-refractivity contribution in [2.45, 2.75) is 63.3 Å². The van der Waals surface area contributed by atoms with Gasteiger partial charge in [0.05, 0.1) is 24.0 Å². The lowest BCUT2D eigenvalue weighted by molar-refractivity contribution is -0.137. The smallest absolute Gasteiger partial charge is 0.351 e. The molecular weight excluding hydrogens is 501 g/mol. The summed E-state index contributed by atoms with van der Waals surface area (Å²) < 4.78 is 46.4. The second-order valence-corrected chi connectivity index (χ2v) is 9.07. The Morgan fingerprint density at radius 2 is 1.86 bits per heavy atom. The molecule has 1 saturated heterocycles. The van der Waals surface area contributed by atoms with Gasteiger partial charge < -0.3 is 9.88 Å². The molecule has 3 aromatic rings. The molecule has 1 fully saturated rings. The first-order valence-electron chi connectivity index (χ1n) is 11.5. The van der Waals surface area contributed by atoms with Crippen molar-refractivity contribution in [1.82, 2.24) is 33.6 Å². The highest BCUT2D eigenvalue weighted by Crippen LogP contribution is 2.36. The van der Waals surface area contributed by atoms with Crippen molar-refractivity contribution in [3.63, 3.8) is 0 Å². The van der Waals surface area contributed by atoms with E-state index in [2.05, 4.69) is 29.7 Å². The van der Waals surface area contributed by atoms with Crippen LogP contribution < -0.4 is 5.32 Å². The highest BCUT2D eigenvalue weighted by Gasteiger charge is 2.36. The first kappa shape index (κ1) is 27.3. The van der Waals surface area contributed by atoms with Crippen LogP contribution >= 0.6 is 23.5 Å². The second kappa shape index (κ2) is 12.1. The molecule has 0 bridgehead atoms. The van der Waals surface area contributed by atoms with Gasteiger partial charge in [-0.05, 0) is 31.7 Å². The molecule has 3 aromatic heterocycles. The Morgan fingerprint density at radius 1 is 1.14 bits per heavy atom. The summed E-state index contributed by atoms with van der Waals surface area (Å²) in [7, 11) is 1.94. The number of hydrogen-bond donors (Lipinski definition) is 1. The fourth-order valence-corrected chi connectivity index (χ4v) is 4.82. The van der Waals surface area contributed by atoms with E-state index in [-0.39, 0.29) is 17.7 Å². The molecule has 0 radical (unpaired) electrons. The van der Waals surface area contributed by atoms with E-state index in [1.165, 1.54) is 6.20 Å². The molecule has 4 heterocycles. The molecule has 0 aromatic carbocycles. The van der Waals surface area contributed by atoms with E-state index in [0.717, 1.165) is 43.0 Å². The molecule has 1 aliphatic heterocycles. The van der Waals surface area contributed by atoms with Gasteiger partial charge in [0.2, 0.25) is 5.95 Å². The van der Waals surface area contributed by atoms with Crippen LogP contribution in [0, 0.1) is 0 Å². The molecule has 1 N–H and O–H groups in total. The summed E-state index contributed by atoms with van der Waals surface area (Å²) in [6.45, 7) is 8.03. The van der Waals surface area contributed by atoms with Gasteiger partial charge in [0, 0.05) is 50.7 Å². The van der Waals surface area contributed by atoms with Gasteiger partial charge in [0.1, 0.15) is 16.4 Å². The van der Waals surface area contributed by atoms with Crippen LogP contribution in [0.4, 0.5) is 19.1 Å². The minimum absolute atomic E-state index is 0.0646. The van der Waals surface area contributed by atoms with Crippen molar-refractivity contribution in [2.75, 3.05) is 18.4 Å². The van der Waals surface area contributed by atoms with E-state index in [1.807, 2.05) is 38.6 Å². The third-order valence-corrected chi connectivity index (χ3v) is 6.92. The van der Waals surface area contributed by atoms with E-state index >= 15 is 0 Å². The van der Waals surface area contributed by atoms with Crippen LogP contribution in [0.2, 0.25) is 0 Å². The van der Waals surface area contributed by atoms with E-state index in [0.29, 0.717) is 18.0 Å². The van der Waals surface area contributed by atoms with Crippen molar-refractivity contribution in [3.05, 3.63) is 36.2 Å². The number of aromatic nitrogens is 6. The SMILES string of the molecule is CC.CCn1cc(-c2nc(NC3CCN(Sc4cnc(CCl)n4C)CC3)ncc2C(F)(F)F)cn1. The van der Waals surface area contributed by atoms with Crippen LogP contribution in [-0.2, 0) is 25.6 Å². The quantitative estimate of drug-likeness (QED) is 0.321. The summed E-state index contributed by atoms with van der Waals surface area (Å²) in [6, 6.07) is 0.0646. The Hall–Kier alpha value is -2.31. The van der Waals surface area contributed by atoms with Gasteiger partial charge >= 0.3 is 6.18 Å². The maximum atomic E-state index is 13.5. The van der Waals surface area contributed by atoms with Crippen LogP contribution in [0.5, 0.6) is 0 Å². The minimum Gasteiger partial charge on any atom is -0.351 e. The molecular formula is C22H30ClF3N8S. The third kappa shape index (κ3) is 6.68. The predicted molar refractivity (Wildman–Crippen MR) is 132 cm³/mol. The van der Waals surface area contributed by atoms with Crippen LogP contribution in [0.1, 0.15) is 45.0 Å². The number of rotatable bonds is 7. The van der Waals surface area contributed by atoms with Crippen LogP contribution in [0.25, 0.3) is 11.3 Å². The first-order chi connectivity index (χ1) is 16.8. The number of nitrogens with zero attached hydrogens (tertiary/aromatic N) is 7. The average Bonchev–Trinajstić information content (AvgIpc) is 3.47. The first-order valence-corrected chi connectivity index (χ1v) is 12.8. The van der Waals surface area contributed by atoms with Crippen LogP contribution in [0.15, 0.2) is 29.8 Å². The molecule has 4 rings (SSSR count). The highest BCUT2D eigenvalue weighted by molar-refractivity contribution is 7.97. The van der Waals surface area contributed by atoms with Crippen molar-refractivity contribution < 1.29 is 13.2 Å². The van der Waals surface area contributed by atoms with Gasteiger partial charge in [-0.2, -0.15) is 18.3 Å². The molecule has 192 valence electrons. The maximum Gasteiger partial charge on any atom is 0.419 e. The van der Waals surface area contributed by atoms with Crippen molar-refractivity contribution >= 4 is 29.5 Å². The highest BCUT2D eigenvalue weighted by atomic mass is 35.5. The molecule has 0 saturated carbocycles. The summed E-state index contributed by atoms with van der Waals surface area (Å²) in [4.78, 5) is 12.5. The zero-order chi connectivity index (χ0) is 25.6. The Kier molecular flexibility index (Phi) is 9.42. The molecule has 0 amide bonds. The molecule has 0 spiro atoms. The van der Waals surface area contributed by atoms with E-state index in [4.69, 9.17) is 11.6 Å². The minimum atomic E-state index is -4.56.